The van der Waals surface area contributed by atoms with Crippen molar-refractivity contribution in [3.8, 4) is 0 Å². The van der Waals surface area contributed by atoms with Crippen molar-refractivity contribution in [3.05, 3.63) is 35.4 Å². The molecular formula is C13H18N2O3. The fraction of sp³-hybridized carbons (Fsp3) is 0.385. The van der Waals surface area contributed by atoms with Crippen LogP contribution >= 0.6 is 0 Å². The Morgan fingerprint density at radius 1 is 1.28 bits per heavy atom. The molecule has 0 atom stereocenters. The van der Waals surface area contributed by atoms with E-state index in [1.54, 1.807) is 0 Å². The largest absolute Gasteiger partial charge is 0.480 e. The van der Waals surface area contributed by atoms with Crippen molar-refractivity contribution in [1.29, 1.82) is 0 Å². The average Bonchev–Trinajstić information content (AvgIpc) is 2.28. The van der Waals surface area contributed by atoms with Gasteiger partial charge in [0, 0.05) is 6.54 Å². The molecule has 5 heteroatoms. The number of nitrogens with one attached hydrogen (secondary N) is 1. The van der Waals surface area contributed by atoms with E-state index in [2.05, 4.69) is 5.32 Å². The van der Waals surface area contributed by atoms with Gasteiger partial charge >= 0.3 is 5.97 Å². The first-order valence-electron chi connectivity index (χ1n) is 5.68. The Kier molecular flexibility index (Phi) is 4.44. The van der Waals surface area contributed by atoms with Crippen LogP contribution in [0.3, 0.4) is 0 Å². The summed E-state index contributed by atoms with van der Waals surface area (Å²) in [4.78, 5) is 22.7. The molecule has 1 amide bonds. The molecule has 0 saturated heterocycles. The van der Waals surface area contributed by atoms with Gasteiger partial charge in [-0.3, -0.25) is 4.79 Å². The van der Waals surface area contributed by atoms with E-state index in [-0.39, 0.29) is 12.3 Å². The minimum atomic E-state index is -1.27. The molecule has 5 nitrogen and oxygen atoms in total. The monoisotopic (exact) mass is 250 g/mol. The molecule has 0 aromatic heterocycles. The van der Waals surface area contributed by atoms with Crippen molar-refractivity contribution >= 4 is 11.9 Å². The molecule has 0 bridgehead atoms. The van der Waals surface area contributed by atoms with E-state index >= 15 is 0 Å². The third-order valence-corrected chi connectivity index (χ3v) is 2.68. The Morgan fingerprint density at radius 3 is 2.33 bits per heavy atom. The normalized spacial score (nSPS) is 11.1. The molecule has 1 aromatic carbocycles. The molecule has 1 aromatic rings. The van der Waals surface area contributed by atoms with E-state index in [9.17, 15) is 9.59 Å². The summed E-state index contributed by atoms with van der Waals surface area (Å²) in [5, 5.41) is 11.4. The SMILES string of the molecule is CC(C)(NC(=O)Cc1ccccc1CN)C(=O)O. The molecule has 1 rings (SSSR count). The number of carbonyl (C=O) groups is 2. The highest BCUT2D eigenvalue weighted by atomic mass is 16.4. The molecule has 0 saturated carbocycles. The molecule has 0 fully saturated rings. The maximum absolute atomic E-state index is 11.8. The van der Waals surface area contributed by atoms with Crippen molar-refractivity contribution in [2.45, 2.75) is 32.4 Å². The minimum Gasteiger partial charge on any atom is -0.480 e. The number of carboxylic acid groups (broad SMARTS) is 1. The predicted molar refractivity (Wildman–Crippen MR) is 67.9 cm³/mol. The smallest absolute Gasteiger partial charge is 0.328 e. The molecule has 0 radical (unpaired) electrons. The molecule has 0 unspecified atom stereocenters. The number of amides is 1. The van der Waals surface area contributed by atoms with Gasteiger partial charge in [0.1, 0.15) is 5.54 Å². The van der Waals surface area contributed by atoms with Crippen LogP contribution in [-0.4, -0.2) is 22.5 Å². The number of rotatable bonds is 5. The predicted octanol–water partition coefficient (Wildman–Crippen LogP) is 0.667. The summed E-state index contributed by atoms with van der Waals surface area (Å²) in [7, 11) is 0. The lowest BCUT2D eigenvalue weighted by atomic mass is 10.0. The zero-order chi connectivity index (χ0) is 13.8. The molecular weight excluding hydrogens is 232 g/mol. The molecule has 0 aliphatic heterocycles. The summed E-state index contributed by atoms with van der Waals surface area (Å²) in [5.74, 6) is -1.40. The standard InChI is InChI=1S/C13H18N2O3/c1-13(2,12(17)18)15-11(16)7-9-5-3-4-6-10(9)8-14/h3-6H,7-8,14H2,1-2H3,(H,15,16)(H,17,18). The lowest BCUT2D eigenvalue weighted by Gasteiger charge is -2.21. The van der Waals surface area contributed by atoms with Crippen molar-refractivity contribution in [1.82, 2.24) is 5.32 Å². The van der Waals surface area contributed by atoms with E-state index < -0.39 is 11.5 Å². The number of hydrogen-bond acceptors (Lipinski definition) is 3. The van der Waals surface area contributed by atoms with Crippen LogP contribution in [0.2, 0.25) is 0 Å². The van der Waals surface area contributed by atoms with Crippen molar-refractivity contribution in [3.63, 3.8) is 0 Å². The van der Waals surface area contributed by atoms with Crippen molar-refractivity contribution in [2.24, 2.45) is 5.73 Å². The zero-order valence-corrected chi connectivity index (χ0v) is 10.6. The maximum Gasteiger partial charge on any atom is 0.328 e. The highest BCUT2D eigenvalue weighted by Crippen LogP contribution is 2.10. The van der Waals surface area contributed by atoms with Crippen molar-refractivity contribution in [2.75, 3.05) is 0 Å². The Bertz CT molecular complexity index is 455. The molecule has 0 aliphatic carbocycles. The zero-order valence-electron chi connectivity index (χ0n) is 10.6. The molecule has 0 aliphatic rings. The first-order valence-corrected chi connectivity index (χ1v) is 5.68. The quantitative estimate of drug-likeness (QED) is 0.716. The summed E-state index contributed by atoms with van der Waals surface area (Å²) in [5.41, 5.74) is 6.01. The van der Waals surface area contributed by atoms with Crippen molar-refractivity contribution < 1.29 is 14.7 Å². The van der Waals surface area contributed by atoms with E-state index in [4.69, 9.17) is 10.8 Å². The van der Waals surface area contributed by atoms with Gasteiger partial charge in [-0.2, -0.15) is 0 Å². The third kappa shape index (κ3) is 3.56. The summed E-state index contributed by atoms with van der Waals surface area (Å²) >= 11 is 0. The van der Waals surface area contributed by atoms with Gasteiger partial charge < -0.3 is 16.2 Å². The topological polar surface area (TPSA) is 92.4 Å². The average molecular weight is 250 g/mol. The Morgan fingerprint density at radius 2 is 1.83 bits per heavy atom. The van der Waals surface area contributed by atoms with Crippen LogP contribution in [0.25, 0.3) is 0 Å². The van der Waals surface area contributed by atoms with Gasteiger partial charge in [0.25, 0.3) is 0 Å². The second kappa shape index (κ2) is 5.64. The van der Waals surface area contributed by atoms with Gasteiger partial charge in [-0.1, -0.05) is 24.3 Å². The Hall–Kier alpha value is -1.88. The van der Waals surface area contributed by atoms with Gasteiger partial charge in [0.05, 0.1) is 6.42 Å². The number of nitrogens with two attached hydrogens (primary N) is 1. The number of hydrogen-bond donors (Lipinski definition) is 3. The molecule has 0 heterocycles. The highest BCUT2D eigenvalue weighted by molar-refractivity contribution is 5.87. The summed E-state index contributed by atoms with van der Waals surface area (Å²) in [6, 6.07) is 7.34. The van der Waals surface area contributed by atoms with Gasteiger partial charge in [-0.25, -0.2) is 4.79 Å². The number of benzene rings is 1. The highest BCUT2D eigenvalue weighted by Gasteiger charge is 2.28. The first-order chi connectivity index (χ1) is 8.36. The first kappa shape index (κ1) is 14.2. The van der Waals surface area contributed by atoms with Crippen LogP contribution in [-0.2, 0) is 22.6 Å². The fourth-order valence-electron chi connectivity index (χ4n) is 1.55. The summed E-state index contributed by atoms with van der Waals surface area (Å²) in [6.45, 7) is 3.25. The van der Waals surface area contributed by atoms with Crippen LogP contribution in [0, 0.1) is 0 Å². The Balaban J connectivity index is 2.74. The van der Waals surface area contributed by atoms with Gasteiger partial charge in [-0.15, -0.1) is 0 Å². The summed E-state index contributed by atoms with van der Waals surface area (Å²) < 4.78 is 0. The minimum absolute atomic E-state index is 0.129. The second-order valence-corrected chi connectivity index (χ2v) is 4.63. The second-order valence-electron chi connectivity index (χ2n) is 4.63. The van der Waals surface area contributed by atoms with Crippen LogP contribution < -0.4 is 11.1 Å². The molecule has 98 valence electrons. The van der Waals surface area contributed by atoms with Gasteiger partial charge in [-0.05, 0) is 25.0 Å². The van der Waals surface area contributed by atoms with Crippen LogP contribution in [0.1, 0.15) is 25.0 Å². The number of carboxylic acids is 1. The van der Waals surface area contributed by atoms with E-state index in [0.29, 0.717) is 6.54 Å². The summed E-state index contributed by atoms with van der Waals surface area (Å²) in [6.07, 6.45) is 0.129. The lowest BCUT2D eigenvalue weighted by Crippen LogP contribution is -2.50. The van der Waals surface area contributed by atoms with Crippen LogP contribution in [0.5, 0.6) is 0 Å². The molecule has 18 heavy (non-hydrogen) atoms. The van der Waals surface area contributed by atoms with Crippen LogP contribution in [0.15, 0.2) is 24.3 Å². The number of aliphatic carboxylic acids is 1. The molecule has 0 spiro atoms. The van der Waals surface area contributed by atoms with Crippen LogP contribution in [0.4, 0.5) is 0 Å². The maximum atomic E-state index is 11.8. The Labute approximate surface area is 106 Å². The van der Waals surface area contributed by atoms with E-state index in [1.165, 1.54) is 13.8 Å². The van der Waals surface area contributed by atoms with E-state index in [0.717, 1.165) is 11.1 Å². The number of carbonyl (C=O) groups excluding carboxylic acids is 1. The third-order valence-electron chi connectivity index (χ3n) is 2.68. The fourth-order valence-corrected chi connectivity index (χ4v) is 1.55. The molecule has 4 N–H and O–H groups in total. The van der Waals surface area contributed by atoms with E-state index in [1.807, 2.05) is 24.3 Å². The van der Waals surface area contributed by atoms with Gasteiger partial charge in [0.2, 0.25) is 5.91 Å². The lowest BCUT2D eigenvalue weighted by molar-refractivity contribution is -0.145. The van der Waals surface area contributed by atoms with Gasteiger partial charge in [0.15, 0.2) is 0 Å².